The van der Waals surface area contributed by atoms with Crippen molar-refractivity contribution in [2.24, 2.45) is 0 Å². The Kier molecular flexibility index (Phi) is 5.90. The molecular formula is C26H27FN8O3. The second-order valence-electron chi connectivity index (χ2n) is 9.91. The largest absolute Gasteiger partial charge is 0.387 e. The predicted molar refractivity (Wildman–Crippen MR) is 136 cm³/mol. The van der Waals surface area contributed by atoms with E-state index in [9.17, 15) is 19.1 Å². The van der Waals surface area contributed by atoms with Crippen LogP contribution in [0.1, 0.15) is 54.6 Å². The van der Waals surface area contributed by atoms with Gasteiger partial charge in [0.15, 0.2) is 18.2 Å². The zero-order valence-corrected chi connectivity index (χ0v) is 20.8. The van der Waals surface area contributed by atoms with Gasteiger partial charge in [0.2, 0.25) is 5.91 Å². The van der Waals surface area contributed by atoms with Gasteiger partial charge in [-0.1, -0.05) is 6.07 Å². The molecule has 1 unspecified atom stereocenters. The number of piperidine rings is 1. The van der Waals surface area contributed by atoms with Gasteiger partial charge in [0.1, 0.15) is 18.1 Å². The zero-order chi connectivity index (χ0) is 26.6. The van der Waals surface area contributed by atoms with Gasteiger partial charge in [-0.05, 0) is 44.7 Å². The smallest absolute Gasteiger partial charge is 0.248 e. The summed E-state index contributed by atoms with van der Waals surface area (Å²) in [7, 11) is 0. The molecule has 12 heteroatoms. The number of hydrogen-bond acceptors (Lipinski definition) is 8. The minimum absolute atomic E-state index is 0.000504. The van der Waals surface area contributed by atoms with Crippen molar-refractivity contribution in [3.05, 3.63) is 48.0 Å². The molecule has 2 aliphatic rings. The monoisotopic (exact) mass is 518 g/mol. The number of nitrogen functional groups attached to an aromatic ring is 1. The molecule has 0 spiro atoms. The molecule has 11 nitrogen and oxygen atoms in total. The fourth-order valence-electron chi connectivity index (χ4n) is 6.05. The molecule has 6 heterocycles. The summed E-state index contributed by atoms with van der Waals surface area (Å²) in [5, 5.41) is 18.0. The van der Waals surface area contributed by atoms with Gasteiger partial charge in [0.05, 0.1) is 23.1 Å². The van der Waals surface area contributed by atoms with Gasteiger partial charge < -0.3 is 15.7 Å². The second-order valence-corrected chi connectivity index (χ2v) is 9.91. The number of nitrogens with two attached hydrogens (primary N) is 1. The van der Waals surface area contributed by atoms with E-state index in [1.807, 2.05) is 6.07 Å². The van der Waals surface area contributed by atoms with Crippen molar-refractivity contribution >= 4 is 23.2 Å². The molecule has 6 rings (SSSR count). The van der Waals surface area contributed by atoms with Crippen molar-refractivity contribution in [3.63, 3.8) is 0 Å². The van der Waals surface area contributed by atoms with Crippen molar-refractivity contribution in [3.8, 4) is 22.5 Å². The van der Waals surface area contributed by atoms with Crippen LogP contribution in [0.25, 0.3) is 28.2 Å². The first-order valence-electron chi connectivity index (χ1n) is 12.6. The number of alkyl halides is 1. The zero-order valence-electron chi connectivity index (χ0n) is 20.8. The Morgan fingerprint density at radius 2 is 1.89 bits per heavy atom. The number of carbonyl (C=O) groups is 2. The number of pyridine rings is 1. The van der Waals surface area contributed by atoms with E-state index in [1.54, 1.807) is 35.6 Å². The summed E-state index contributed by atoms with van der Waals surface area (Å²) >= 11 is 0. The average molecular weight is 519 g/mol. The molecule has 0 aromatic carbocycles. The predicted octanol–water partition coefficient (Wildman–Crippen LogP) is 2.60. The Morgan fingerprint density at radius 1 is 1.13 bits per heavy atom. The van der Waals surface area contributed by atoms with E-state index in [4.69, 9.17) is 10.7 Å². The molecule has 2 bridgehead atoms. The van der Waals surface area contributed by atoms with Gasteiger partial charge in [0, 0.05) is 41.5 Å². The summed E-state index contributed by atoms with van der Waals surface area (Å²) in [5.74, 6) is -0.276. The van der Waals surface area contributed by atoms with Gasteiger partial charge in [-0.2, -0.15) is 14.7 Å². The summed E-state index contributed by atoms with van der Waals surface area (Å²) in [5.41, 5.74) is 10.6. The Morgan fingerprint density at radius 3 is 2.50 bits per heavy atom. The molecule has 4 aromatic rings. The van der Waals surface area contributed by atoms with Gasteiger partial charge in [-0.15, -0.1) is 0 Å². The standard InChI is InChI=1S/C26H27FN8O3/c1-14(37)23-24(16-8-17-3-4-18(9-16)34(17)22(38)12-36)31-26-19(11-30-35(26)25(23)28)15-2-5-20(29-10-15)21-6-7-33(13-27)32-21/h2,5-7,10-11,16-18,36H,3-4,8-9,12-13,28H2,1H3/t16?,17-,18+. The number of Topliss-reactive ketones (excluding diaryl/α,β-unsaturated/α-hetero) is 1. The molecule has 2 fully saturated rings. The van der Waals surface area contributed by atoms with Crippen molar-refractivity contribution in [1.82, 2.24) is 34.3 Å². The molecular weight excluding hydrogens is 491 g/mol. The second kappa shape index (κ2) is 9.28. The summed E-state index contributed by atoms with van der Waals surface area (Å²) in [6, 6.07) is 5.35. The lowest BCUT2D eigenvalue weighted by molar-refractivity contribution is -0.138. The quantitative estimate of drug-likeness (QED) is 0.371. The van der Waals surface area contributed by atoms with Gasteiger partial charge in [0.25, 0.3) is 0 Å². The fourth-order valence-corrected chi connectivity index (χ4v) is 6.05. The maximum atomic E-state index is 12.9. The topological polar surface area (TPSA) is 145 Å². The van der Waals surface area contributed by atoms with Crippen molar-refractivity contribution in [1.29, 1.82) is 0 Å². The maximum absolute atomic E-state index is 12.9. The number of aliphatic hydroxyl groups excluding tert-OH is 1. The Balaban J connectivity index is 1.39. The lowest BCUT2D eigenvalue weighted by Gasteiger charge is -2.39. The van der Waals surface area contributed by atoms with Crippen LogP contribution < -0.4 is 5.73 Å². The molecule has 2 aliphatic heterocycles. The van der Waals surface area contributed by atoms with Gasteiger partial charge in [-0.25, -0.2) is 14.1 Å². The highest BCUT2D eigenvalue weighted by atomic mass is 19.1. The first kappa shape index (κ1) is 24.2. The first-order chi connectivity index (χ1) is 18.4. The Labute approximate surface area is 217 Å². The summed E-state index contributed by atoms with van der Waals surface area (Å²) < 4.78 is 15.5. The number of aromatic nitrogens is 6. The molecule has 0 saturated carbocycles. The van der Waals surface area contributed by atoms with E-state index in [-0.39, 0.29) is 35.5 Å². The minimum atomic E-state index is -0.712. The third kappa shape index (κ3) is 3.83. The highest BCUT2D eigenvalue weighted by Crippen LogP contribution is 2.44. The third-order valence-corrected chi connectivity index (χ3v) is 7.71. The molecule has 0 aliphatic carbocycles. The SMILES string of the molecule is CC(=O)c1c(C2C[C@H]3CC[C@@H](C2)N3C(=O)CO)nc2c(-c3ccc(-c4ccn(CF)n4)nc3)cnn2c1N. The normalized spacial score (nSPS) is 20.8. The molecule has 196 valence electrons. The molecule has 1 amide bonds. The van der Waals surface area contributed by atoms with Crippen LogP contribution in [0.4, 0.5) is 10.2 Å². The summed E-state index contributed by atoms with van der Waals surface area (Å²) in [6.45, 7) is 0.257. The van der Waals surface area contributed by atoms with Crippen LogP contribution in [0.15, 0.2) is 36.8 Å². The van der Waals surface area contributed by atoms with E-state index in [0.717, 1.165) is 18.4 Å². The van der Waals surface area contributed by atoms with Crippen molar-refractivity contribution < 1.29 is 19.1 Å². The number of carbonyl (C=O) groups excluding carboxylic acids is 2. The Hall–Kier alpha value is -4.19. The molecule has 2 saturated heterocycles. The number of ketones is 1. The van der Waals surface area contributed by atoms with Crippen LogP contribution in [-0.2, 0) is 11.6 Å². The number of fused-ring (bicyclic) bond motifs is 3. The number of nitrogens with zero attached hydrogens (tertiary/aromatic N) is 7. The minimum Gasteiger partial charge on any atom is -0.387 e. The number of rotatable bonds is 6. The Bertz CT molecular complexity index is 1530. The fraction of sp³-hybridized carbons (Fsp3) is 0.385. The number of anilines is 1. The van der Waals surface area contributed by atoms with Crippen LogP contribution in [0.2, 0.25) is 0 Å². The lowest BCUT2D eigenvalue weighted by Crippen LogP contribution is -2.47. The van der Waals surface area contributed by atoms with E-state index >= 15 is 0 Å². The van der Waals surface area contributed by atoms with E-state index < -0.39 is 13.4 Å². The van der Waals surface area contributed by atoms with E-state index in [0.29, 0.717) is 46.7 Å². The van der Waals surface area contributed by atoms with Crippen LogP contribution >= 0.6 is 0 Å². The van der Waals surface area contributed by atoms with Gasteiger partial charge in [-0.3, -0.25) is 14.6 Å². The van der Waals surface area contributed by atoms with Crippen LogP contribution in [0, 0.1) is 0 Å². The number of hydrogen-bond donors (Lipinski definition) is 2. The van der Waals surface area contributed by atoms with E-state index in [2.05, 4.69) is 15.2 Å². The lowest BCUT2D eigenvalue weighted by atomic mass is 9.85. The van der Waals surface area contributed by atoms with Crippen LogP contribution in [-0.4, -0.2) is 69.7 Å². The van der Waals surface area contributed by atoms with Gasteiger partial charge >= 0.3 is 0 Å². The van der Waals surface area contributed by atoms with Crippen LogP contribution in [0.3, 0.4) is 0 Å². The average Bonchev–Trinajstić information content (AvgIpc) is 3.64. The number of amides is 1. The van der Waals surface area contributed by atoms with Crippen molar-refractivity contribution in [2.45, 2.75) is 57.4 Å². The highest BCUT2D eigenvalue weighted by Gasteiger charge is 2.44. The maximum Gasteiger partial charge on any atom is 0.248 e. The summed E-state index contributed by atoms with van der Waals surface area (Å²) in [4.78, 5) is 36.3. The highest BCUT2D eigenvalue weighted by molar-refractivity contribution is 6.00. The number of halogens is 1. The molecule has 3 atom stereocenters. The molecule has 4 aromatic heterocycles. The first-order valence-corrected chi connectivity index (χ1v) is 12.6. The third-order valence-electron chi connectivity index (χ3n) is 7.71. The summed E-state index contributed by atoms with van der Waals surface area (Å²) in [6.07, 6.45) is 7.89. The van der Waals surface area contributed by atoms with Crippen LogP contribution in [0.5, 0.6) is 0 Å². The molecule has 38 heavy (non-hydrogen) atoms. The van der Waals surface area contributed by atoms with E-state index in [1.165, 1.54) is 16.1 Å². The number of aliphatic hydroxyl groups is 1. The molecule has 3 N–H and O–H groups in total. The molecule has 0 radical (unpaired) electrons. The van der Waals surface area contributed by atoms with Crippen molar-refractivity contribution in [2.75, 3.05) is 12.3 Å².